The SMILES string of the molecule is CC1CCC(C(C)C)C(OCC(=O)NCC2CCCNC2)C1. The Morgan fingerprint density at radius 1 is 1.32 bits per heavy atom. The molecule has 4 atom stereocenters. The van der Waals surface area contributed by atoms with Crippen LogP contribution >= 0.6 is 0 Å². The van der Waals surface area contributed by atoms with Gasteiger partial charge in [0, 0.05) is 6.54 Å². The molecule has 128 valence electrons. The molecule has 22 heavy (non-hydrogen) atoms. The van der Waals surface area contributed by atoms with Gasteiger partial charge in [-0.2, -0.15) is 0 Å². The summed E-state index contributed by atoms with van der Waals surface area (Å²) in [5.74, 6) is 2.58. The first-order valence-electron chi connectivity index (χ1n) is 9.15. The predicted molar refractivity (Wildman–Crippen MR) is 89.7 cm³/mol. The Labute approximate surface area is 135 Å². The Morgan fingerprint density at radius 2 is 2.14 bits per heavy atom. The van der Waals surface area contributed by atoms with Gasteiger partial charge in [-0.25, -0.2) is 0 Å². The first-order valence-corrected chi connectivity index (χ1v) is 9.15. The van der Waals surface area contributed by atoms with Gasteiger partial charge in [-0.3, -0.25) is 4.79 Å². The van der Waals surface area contributed by atoms with E-state index in [2.05, 4.69) is 31.4 Å². The van der Waals surface area contributed by atoms with Crippen molar-refractivity contribution < 1.29 is 9.53 Å². The molecule has 4 heteroatoms. The lowest BCUT2D eigenvalue weighted by Gasteiger charge is -2.37. The minimum absolute atomic E-state index is 0.0475. The fraction of sp³-hybridized carbons (Fsp3) is 0.944. The van der Waals surface area contributed by atoms with E-state index in [0.717, 1.165) is 32.0 Å². The monoisotopic (exact) mass is 310 g/mol. The molecular formula is C18H34N2O2. The first-order chi connectivity index (χ1) is 10.6. The lowest BCUT2D eigenvalue weighted by Crippen LogP contribution is -2.41. The molecule has 1 aliphatic heterocycles. The van der Waals surface area contributed by atoms with E-state index in [1.807, 2.05) is 0 Å². The summed E-state index contributed by atoms with van der Waals surface area (Å²) in [6.07, 6.45) is 6.31. The van der Waals surface area contributed by atoms with Crippen LogP contribution in [0.5, 0.6) is 0 Å². The number of carbonyl (C=O) groups excluding carboxylic acids is 1. The van der Waals surface area contributed by atoms with E-state index >= 15 is 0 Å². The summed E-state index contributed by atoms with van der Waals surface area (Å²) in [5.41, 5.74) is 0. The normalized spacial score (nSPS) is 32.9. The van der Waals surface area contributed by atoms with Gasteiger partial charge >= 0.3 is 0 Å². The Morgan fingerprint density at radius 3 is 2.82 bits per heavy atom. The number of piperidine rings is 1. The first kappa shape index (κ1) is 17.7. The van der Waals surface area contributed by atoms with Gasteiger partial charge in [0.1, 0.15) is 6.61 Å². The van der Waals surface area contributed by atoms with Crippen LogP contribution in [-0.4, -0.2) is 38.3 Å². The number of ether oxygens (including phenoxy) is 1. The van der Waals surface area contributed by atoms with Crippen molar-refractivity contribution in [1.82, 2.24) is 10.6 Å². The summed E-state index contributed by atoms with van der Waals surface area (Å²) in [7, 11) is 0. The lowest BCUT2D eigenvalue weighted by molar-refractivity contribution is -0.131. The van der Waals surface area contributed by atoms with Crippen molar-refractivity contribution in [1.29, 1.82) is 0 Å². The van der Waals surface area contributed by atoms with Gasteiger partial charge in [-0.05, 0) is 62.4 Å². The zero-order valence-electron chi connectivity index (χ0n) is 14.6. The van der Waals surface area contributed by atoms with E-state index in [0.29, 0.717) is 17.8 Å². The molecule has 0 spiro atoms. The lowest BCUT2D eigenvalue weighted by atomic mass is 9.75. The highest BCUT2D eigenvalue weighted by molar-refractivity contribution is 5.77. The average Bonchev–Trinajstić information content (AvgIpc) is 2.51. The van der Waals surface area contributed by atoms with E-state index < -0.39 is 0 Å². The van der Waals surface area contributed by atoms with E-state index in [4.69, 9.17) is 4.74 Å². The fourth-order valence-corrected chi connectivity index (χ4v) is 3.90. The molecule has 2 aliphatic rings. The van der Waals surface area contributed by atoms with E-state index in [-0.39, 0.29) is 18.6 Å². The molecule has 0 bridgehead atoms. The minimum atomic E-state index is 0.0475. The molecule has 2 rings (SSSR count). The van der Waals surface area contributed by atoms with Crippen molar-refractivity contribution >= 4 is 5.91 Å². The number of rotatable bonds is 6. The van der Waals surface area contributed by atoms with Crippen molar-refractivity contribution in [2.75, 3.05) is 26.2 Å². The molecule has 4 unspecified atom stereocenters. The van der Waals surface area contributed by atoms with Gasteiger partial charge in [-0.15, -0.1) is 0 Å². The van der Waals surface area contributed by atoms with Crippen LogP contribution in [-0.2, 0) is 9.53 Å². The van der Waals surface area contributed by atoms with Crippen LogP contribution < -0.4 is 10.6 Å². The quantitative estimate of drug-likeness (QED) is 0.793. The van der Waals surface area contributed by atoms with Crippen LogP contribution in [0.25, 0.3) is 0 Å². The molecule has 0 aromatic rings. The second kappa shape index (κ2) is 8.88. The molecule has 0 radical (unpaired) electrons. The molecule has 4 nitrogen and oxygen atoms in total. The minimum Gasteiger partial charge on any atom is -0.368 e. The molecule has 1 saturated heterocycles. The second-order valence-corrected chi connectivity index (χ2v) is 7.69. The molecule has 2 fully saturated rings. The summed E-state index contributed by atoms with van der Waals surface area (Å²) in [6.45, 7) is 9.98. The summed E-state index contributed by atoms with van der Waals surface area (Å²) < 4.78 is 6.00. The van der Waals surface area contributed by atoms with Gasteiger partial charge in [0.05, 0.1) is 6.10 Å². The van der Waals surface area contributed by atoms with Gasteiger partial charge < -0.3 is 15.4 Å². The third-order valence-electron chi connectivity index (χ3n) is 5.38. The van der Waals surface area contributed by atoms with Gasteiger partial charge in [0.15, 0.2) is 0 Å². The number of nitrogens with one attached hydrogen (secondary N) is 2. The topological polar surface area (TPSA) is 50.4 Å². The predicted octanol–water partition coefficient (Wildman–Crippen LogP) is 2.58. The third kappa shape index (κ3) is 5.54. The standard InChI is InChI=1S/C18H34N2O2/c1-13(2)16-7-6-14(3)9-17(16)22-12-18(21)20-11-15-5-4-8-19-10-15/h13-17,19H,4-12H2,1-3H3,(H,20,21). The number of hydrogen-bond donors (Lipinski definition) is 2. The smallest absolute Gasteiger partial charge is 0.246 e. The number of amides is 1. The van der Waals surface area contributed by atoms with Crippen molar-refractivity contribution in [2.45, 2.75) is 59.0 Å². The Kier molecular flexibility index (Phi) is 7.16. The zero-order valence-corrected chi connectivity index (χ0v) is 14.6. The highest BCUT2D eigenvalue weighted by atomic mass is 16.5. The van der Waals surface area contributed by atoms with Gasteiger partial charge in [-0.1, -0.05) is 27.2 Å². The van der Waals surface area contributed by atoms with Crippen molar-refractivity contribution in [3.05, 3.63) is 0 Å². The Bertz CT molecular complexity index is 340. The maximum Gasteiger partial charge on any atom is 0.246 e. The largest absolute Gasteiger partial charge is 0.368 e. The molecule has 1 heterocycles. The summed E-state index contributed by atoms with van der Waals surface area (Å²) in [6, 6.07) is 0. The van der Waals surface area contributed by atoms with Crippen LogP contribution in [0.15, 0.2) is 0 Å². The molecule has 1 aliphatic carbocycles. The molecule has 0 aromatic heterocycles. The number of hydrogen-bond acceptors (Lipinski definition) is 3. The van der Waals surface area contributed by atoms with Crippen LogP contribution in [0.1, 0.15) is 52.9 Å². The van der Waals surface area contributed by atoms with E-state index in [1.165, 1.54) is 25.7 Å². The molecule has 1 amide bonds. The molecule has 1 saturated carbocycles. The highest BCUT2D eigenvalue weighted by Crippen LogP contribution is 2.35. The van der Waals surface area contributed by atoms with Crippen molar-refractivity contribution in [3.63, 3.8) is 0 Å². The van der Waals surface area contributed by atoms with Crippen LogP contribution in [0.3, 0.4) is 0 Å². The zero-order chi connectivity index (χ0) is 15.9. The maximum absolute atomic E-state index is 12.0. The molecule has 0 aromatic carbocycles. The average molecular weight is 310 g/mol. The van der Waals surface area contributed by atoms with Crippen LogP contribution in [0.4, 0.5) is 0 Å². The molecular weight excluding hydrogens is 276 g/mol. The second-order valence-electron chi connectivity index (χ2n) is 7.69. The van der Waals surface area contributed by atoms with Crippen molar-refractivity contribution in [3.8, 4) is 0 Å². The van der Waals surface area contributed by atoms with Crippen LogP contribution in [0, 0.1) is 23.7 Å². The Hall–Kier alpha value is -0.610. The summed E-state index contributed by atoms with van der Waals surface area (Å²) >= 11 is 0. The van der Waals surface area contributed by atoms with E-state index in [1.54, 1.807) is 0 Å². The highest BCUT2D eigenvalue weighted by Gasteiger charge is 2.31. The number of carbonyl (C=O) groups is 1. The summed E-state index contributed by atoms with van der Waals surface area (Å²) in [4.78, 5) is 12.0. The van der Waals surface area contributed by atoms with Crippen LogP contribution in [0.2, 0.25) is 0 Å². The van der Waals surface area contributed by atoms with E-state index in [9.17, 15) is 4.79 Å². The van der Waals surface area contributed by atoms with Crippen molar-refractivity contribution in [2.24, 2.45) is 23.7 Å². The van der Waals surface area contributed by atoms with Gasteiger partial charge in [0.2, 0.25) is 5.91 Å². The molecule has 2 N–H and O–H groups in total. The third-order valence-corrected chi connectivity index (χ3v) is 5.38. The van der Waals surface area contributed by atoms with Gasteiger partial charge in [0.25, 0.3) is 0 Å². The summed E-state index contributed by atoms with van der Waals surface area (Å²) in [5, 5.41) is 6.43. The maximum atomic E-state index is 12.0. The Balaban J connectivity index is 1.69. The fourth-order valence-electron chi connectivity index (χ4n) is 3.90.